The number of ether oxygens (including phenoxy) is 1. The van der Waals surface area contributed by atoms with Crippen LogP contribution in [-0.4, -0.2) is 46.2 Å². The van der Waals surface area contributed by atoms with Crippen molar-refractivity contribution in [3.63, 3.8) is 0 Å². The molecule has 0 bridgehead atoms. The summed E-state index contributed by atoms with van der Waals surface area (Å²) in [6, 6.07) is 7.69. The van der Waals surface area contributed by atoms with Crippen LogP contribution in [0.15, 0.2) is 47.4 Å². The summed E-state index contributed by atoms with van der Waals surface area (Å²) in [6.07, 6.45) is 0. The number of morpholine rings is 1. The van der Waals surface area contributed by atoms with Gasteiger partial charge in [-0.3, -0.25) is 4.90 Å². The maximum absolute atomic E-state index is 13.9. The lowest BCUT2D eigenvalue weighted by atomic mass is 10.0. The van der Waals surface area contributed by atoms with Crippen molar-refractivity contribution in [2.75, 3.05) is 32.8 Å². The van der Waals surface area contributed by atoms with Crippen LogP contribution < -0.4 is 4.72 Å². The Morgan fingerprint density at radius 3 is 2.26 bits per heavy atom. The maximum atomic E-state index is 13.9. The zero-order valence-corrected chi connectivity index (χ0v) is 15.2. The van der Waals surface area contributed by atoms with Crippen LogP contribution in [0.3, 0.4) is 0 Å². The summed E-state index contributed by atoms with van der Waals surface area (Å²) < 4.78 is 72.8. The Morgan fingerprint density at radius 1 is 1.00 bits per heavy atom. The van der Waals surface area contributed by atoms with Gasteiger partial charge in [0.2, 0.25) is 10.0 Å². The first-order chi connectivity index (χ1) is 12.9. The third-order valence-corrected chi connectivity index (χ3v) is 5.85. The molecule has 1 aliphatic heterocycles. The van der Waals surface area contributed by atoms with Crippen LogP contribution >= 0.6 is 0 Å². The second kappa shape index (κ2) is 8.39. The fourth-order valence-corrected chi connectivity index (χ4v) is 4.09. The van der Waals surface area contributed by atoms with Crippen LogP contribution in [0.2, 0.25) is 0 Å². The lowest BCUT2D eigenvalue weighted by Gasteiger charge is -2.34. The summed E-state index contributed by atoms with van der Waals surface area (Å²) >= 11 is 0. The molecular formula is C18H19F3N2O3S. The molecule has 0 saturated carbocycles. The summed E-state index contributed by atoms with van der Waals surface area (Å²) in [5.41, 5.74) is 0.723. The van der Waals surface area contributed by atoms with Gasteiger partial charge in [0.1, 0.15) is 22.3 Å². The minimum absolute atomic E-state index is 0.0508. The zero-order valence-electron chi connectivity index (χ0n) is 14.4. The van der Waals surface area contributed by atoms with E-state index in [1.165, 1.54) is 12.1 Å². The van der Waals surface area contributed by atoms with Crippen molar-refractivity contribution in [1.82, 2.24) is 9.62 Å². The van der Waals surface area contributed by atoms with Crippen LogP contribution in [0.4, 0.5) is 13.2 Å². The molecule has 3 rings (SSSR count). The molecule has 5 nitrogen and oxygen atoms in total. The Morgan fingerprint density at radius 2 is 1.63 bits per heavy atom. The van der Waals surface area contributed by atoms with E-state index in [4.69, 9.17) is 4.74 Å². The van der Waals surface area contributed by atoms with Gasteiger partial charge in [-0.1, -0.05) is 12.1 Å². The SMILES string of the molecule is O=S(=O)(NCC(c1ccc(F)cc1)N1CCOCC1)c1ccc(F)cc1F. The van der Waals surface area contributed by atoms with Gasteiger partial charge < -0.3 is 4.74 Å². The van der Waals surface area contributed by atoms with Crippen molar-refractivity contribution < 1.29 is 26.3 Å². The molecule has 0 radical (unpaired) electrons. The lowest BCUT2D eigenvalue weighted by molar-refractivity contribution is 0.0172. The highest BCUT2D eigenvalue weighted by atomic mass is 32.2. The molecule has 1 aliphatic rings. The van der Waals surface area contributed by atoms with Gasteiger partial charge in [-0.15, -0.1) is 0 Å². The fourth-order valence-electron chi connectivity index (χ4n) is 2.99. The number of benzene rings is 2. The highest BCUT2D eigenvalue weighted by Crippen LogP contribution is 2.23. The molecule has 1 fully saturated rings. The minimum Gasteiger partial charge on any atom is -0.379 e. The van der Waals surface area contributed by atoms with Crippen LogP contribution in [0, 0.1) is 17.5 Å². The van der Waals surface area contributed by atoms with Crippen LogP contribution in [0.25, 0.3) is 0 Å². The Bertz CT molecular complexity index is 885. The van der Waals surface area contributed by atoms with Crippen LogP contribution in [0.1, 0.15) is 11.6 Å². The molecule has 146 valence electrons. The number of nitrogens with zero attached hydrogens (tertiary/aromatic N) is 1. The smallest absolute Gasteiger partial charge is 0.243 e. The molecule has 0 aromatic heterocycles. The Kier molecular flexibility index (Phi) is 6.15. The van der Waals surface area contributed by atoms with Gasteiger partial charge in [0.25, 0.3) is 0 Å². The van der Waals surface area contributed by atoms with E-state index >= 15 is 0 Å². The Hall–Kier alpha value is -1.94. The molecule has 0 spiro atoms. The van der Waals surface area contributed by atoms with Gasteiger partial charge in [-0.25, -0.2) is 26.3 Å². The molecular weight excluding hydrogens is 381 g/mol. The average molecular weight is 400 g/mol. The van der Waals surface area contributed by atoms with Crippen molar-refractivity contribution >= 4 is 10.0 Å². The first-order valence-corrected chi connectivity index (χ1v) is 9.87. The second-order valence-corrected chi connectivity index (χ2v) is 7.88. The van der Waals surface area contributed by atoms with E-state index in [2.05, 4.69) is 4.72 Å². The predicted molar refractivity (Wildman–Crippen MR) is 93.1 cm³/mol. The quantitative estimate of drug-likeness (QED) is 0.809. The van der Waals surface area contributed by atoms with Crippen molar-refractivity contribution in [2.45, 2.75) is 10.9 Å². The lowest BCUT2D eigenvalue weighted by Crippen LogP contribution is -2.43. The van der Waals surface area contributed by atoms with E-state index in [-0.39, 0.29) is 12.6 Å². The van der Waals surface area contributed by atoms with Crippen molar-refractivity contribution in [3.05, 3.63) is 65.5 Å². The average Bonchev–Trinajstić information content (AvgIpc) is 2.64. The summed E-state index contributed by atoms with van der Waals surface area (Å²) in [5, 5.41) is 0. The minimum atomic E-state index is -4.18. The van der Waals surface area contributed by atoms with Crippen LogP contribution in [-0.2, 0) is 14.8 Å². The monoisotopic (exact) mass is 400 g/mol. The summed E-state index contributed by atoms with van der Waals surface area (Å²) in [5.74, 6) is -2.41. The molecule has 1 atom stereocenters. The van der Waals surface area contributed by atoms with Gasteiger partial charge in [0.15, 0.2) is 0 Å². The standard InChI is InChI=1S/C18H19F3N2O3S/c19-14-3-1-13(2-4-14)17(23-7-9-26-10-8-23)12-22-27(24,25)18-6-5-15(20)11-16(18)21/h1-6,11,17,22H,7-10,12H2. The van der Waals surface area contributed by atoms with Crippen molar-refractivity contribution in [3.8, 4) is 0 Å². The molecule has 0 amide bonds. The third kappa shape index (κ3) is 4.86. The topological polar surface area (TPSA) is 58.6 Å². The second-order valence-electron chi connectivity index (χ2n) is 6.14. The van der Waals surface area contributed by atoms with E-state index in [1.54, 1.807) is 12.1 Å². The van der Waals surface area contributed by atoms with E-state index in [0.29, 0.717) is 32.4 Å². The van der Waals surface area contributed by atoms with E-state index in [9.17, 15) is 21.6 Å². The number of nitrogens with one attached hydrogen (secondary N) is 1. The number of hydrogen-bond acceptors (Lipinski definition) is 4. The van der Waals surface area contributed by atoms with E-state index in [1.807, 2.05) is 4.90 Å². The summed E-state index contributed by atoms with van der Waals surface area (Å²) in [7, 11) is -4.18. The molecule has 1 unspecified atom stereocenters. The van der Waals surface area contributed by atoms with Gasteiger partial charge in [0, 0.05) is 31.7 Å². The molecule has 2 aromatic carbocycles. The molecule has 1 N–H and O–H groups in total. The van der Waals surface area contributed by atoms with E-state index < -0.39 is 32.4 Å². The highest BCUT2D eigenvalue weighted by molar-refractivity contribution is 7.89. The van der Waals surface area contributed by atoms with Gasteiger partial charge in [-0.2, -0.15) is 0 Å². The Labute approximate surface area is 155 Å². The van der Waals surface area contributed by atoms with Crippen molar-refractivity contribution in [2.24, 2.45) is 0 Å². The predicted octanol–water partition coefficient (Wildman–Crippen LogP) is 2.46. The largest absolute Gasteiger partial charge is 0.379 e. The molecule has 0 aliphatic carbocycles. The molecule has 1 saturated heterocycles. The van der Waals surface area contributed by atoms with Gasteiger partial charge in [-0.05, 0) is 29.8 Å². The summed E-state index contributed by atoms with van der Waals surface area (Å²) in [6.45, 7) is 2.10. The molecule has 1 heterocycles. The Balaban J connectivity index is 1.82. The van der Waals surface area contributed by atoms with E-state index in [0.717, 1.165) is 17.7 Å². The highest BCUT2D eigenvalue weighted by Gasteiger charge is 2.26. The number of hydrogen-bond donors (Lipinski definition) is 1. The molecule has 2 aromatic rings. The first kappa shape index (κ1) is 19.8. The van der Waals surface area contributed by atoms with Crippen molar-refractivity contribution in [1.29, 1.82) is 0 Å². The first-order valence-electron chi connectivity index (χ1n) is 8.39. The normalized spacial score (nSPS) is 17.0. The third-order valence-electron chi connectivity index (χ3n) is 4.39. The van der Waals surface area contributed by atoms with Gasteiger partial charge in [0.05, 0.1) is 13.2 Å². The summed E-state index contributed by atoms with van der Waals surface area (Å²) in [4.78, 5) is 1.39. The zero-order chi connectivity index (χ0) is 19.4. The number of sulfonamides is 1. The number of halogens is 3. The van der Waals surface area contributed by atoms with Crippen LogP contribution in [0.5, 0.6) is 0 Å². The molecule has 27 heavy (non-hydrogen) atoms. The van der Waals surface area contributed by atoms with Gasteiger partial charge >= 0.3 is 0 Å². The number of rotatable bonds is 6. The molecule has 9 heteroatoms. The fraction of sp³-hybridized carbons (Fsp3) is 0.333. The maximum Gasteiger partial charge on any atom is 0.243 e.